The van der Waals surface area contributed by atoms with Crippen molar-refractivity contribution in [2.45, 2.75) is 30.5 Å². The van der Waals surface area contributed by atoms with Gasteiger partial charge in [-0.25, -0.2) is 18.1 Å². The summed E-state index contributed by atoms with van der Waals surface area (Å²) in [4.78, 5) is 4.65. The van der Waals surface area contributed by atoms with Gasteiger partial charge in [0, 0.05) is 29.2 Å². The van der Waals surface area contributed by atoms with Gasteiger partial charge >= 0.3 is 0 Å². The Labute approximate surface area is 154 Å². The number of aliphatic hydroxyl groups is 1. The first-order chi connectivity index (χ1) is 11.8. The van der Waals surface area contributed by atoms with E-state index in [0.717, 1.165) is 0 Å². The Morgan fingerprint density at radius 1 is 1.36 bits per heavy atom. The molecule has 0 amide bonds. The van der Waals surface area contributed by atoms with Crippen LogP contribution in [0.25, 0.3) is 0 Å². The Hall–Kier alpha value is -1.52. The number of aromatic nitrogens is 2. The molecule has 0 radical (unpaired) electrons. The van der Waals surface area contributed by atoms with Gasteiger partial charge in [0.15, 0.2) is 5.03 Å². The Balaban J connectivity index is 1.86. The zero-order chi connectivity index (χ0) is 18.1. The normalized spacial score (nSPS) is 14.7. The first-order valence-corrected chi connectivity index (χ1v) is 11.0. The number of imidazole rings is 1. The van der Waals surface area contributed by atoms with Crippen molar-refractivity contribution in [1.82, 2.24) is 14.3 Å². The Morgan fingerprint density at radius 3 is 2.72 bits per heavy atom. The molecular weight excluding hydrogens is 378 g/mol. The molecule has 3 aromatic heterocycles. The van der Waals surface area contributed by atoms with E-state index < -0.39 is 15.6 Å². The van der Waals surface area contributed by atoms with Crippen molar-refractivity contribution in [3.8, 4) is 0 Å². The molecule has 0 spiro atoms. The molecule has 0 bridgehead atoms. The zero-order valence-corrected chi connectivity index (χ0v) is 16.2. The lowest BCUT2D eigenvalue weighted by atomic mass is 9.95. The third kappa shape index (κ3) is 3.70. The summed E-state index contributed by atoms with van der Waals surface area (Å²) in [5.41, 5.74) is -0.752. The van der Waals surface area contributed by atoms with E-state index >= 15 is 0 Å². The van der Waals surface area contributed by atoms with Crippen molar-refractivity contribution < 1.29 is 13.5 Å². The highest BCUT2D eigenvalue weighted by Gasteiger charge is 2.35. The quantitative estimate of drug-likeness (QED) is 0.642. The molecule has 3 heterocycles. The molecule has 1 atom stereocenters. The van der Waals surface area contributed by atoms with Gasteiger partial charge in [0.2, 0.25) is 0 Å². The molecule has 0 aliphatic rings. The fourth-order valence-corrected chi connectivity index (χ4v) is 4.92. The monoisotopic (exact) mass is 397 g/mol. The lowest BCUT2D eigenvalue weighted by Crippen LogP contribution is -2.41. The van der Waals surface area contributed by atoms with Gasteiger partial charge < -0.3 is 9.67 Å². The molecule has 6 nitrogen and oxygen atoms in total. The van der Waals surface area contributed by atoms with Crippen LogP contribution in [0.2, 0.25) is 0 Å². The maximum absolute atomic E-state index is 12.6. The van der Waals surface area contributed by atoms with E-state index in [0.29, 0.717) is 10.4 Å². The molecule has 1 unspecified atom stereocenters. The third-order valence-electron chi connectivity index (χ3n) is 3.89. The predicted molar refractivity (Wildman–Crippen MR) is 99.4 cm³/mol. The van der Waals surface area contributed by atoms with E-state index in [4.69, 9.17) is 0 Å². The highest BCUT2D eigenvalue weighted by atomic mass is 32.2. The number of hydrogen-bond acceptors (Lipinski definition) is 6. The fraction of sp³-hybridized carbons (Fsp3) is 0.312. The fourth-order valence-electron chi connectivity index (χ4n) is 2.36. The minimum Gasteiger partial charge on any atom is -0.378 e. The van der Waals surface area contributed by atoms with E-state index in [1.165, 1.54) is 35.2 Å². The van der Waals surface area contributed by atoms with Gasteiger partial charge in [0.05, 0.1) is 6.33 Å². The van der Waals surface area contributed by atoms with Crippen LogP contribution in [0.15, 0.2) is 51.9 Å². The van der Waals surface area contributed by atoms with Crippen molar-refractivity contribution >= 4 is 32.7 Å². The second-order valence-electron chi connectivity index (χ2n) is 5.93. The average Bonchev–Trinajstić information content (AvgIpc) is 3.35. The number of nitrogens with one attached hydrogen (secondary N) is 1. The Bertz CT molecular complexity index is 879. The molecule has 0 aromatic carbocycles. The molecule has 0 saturated carbocycles. The number of sulfonamides is 1. The van der Waals surface area contributed by atoms with Crippen molar-refractivity contribution in [2.24, 2.45) is 0 Å². The van der Waals surface area contributed by atoms with Crippen molar-refractivity contribution in [1.29, 1.82) is 0 Å². The lowest BCUT2D eigenvalue weighted by Gasteiger charge is -2.26. The molecule has 3 aromatic rings. The molecule has 0 aliphatic carbocycles. The summed E-state index contributed by atoms with van der Waals surface area (Å²) in [6, 6.07) is 5.54. The van der Waals surface area contributed by atoms with Gasteiger partial charge in [0.1, 0.15) is 5.60 Å². The smallest absolute Gasteiger partial charge is 0.259 e. The summed E-state index contributed by atoms with van der Waals surface area (Å²) in [6.45, 7) is 3.72. The number of rotatable bonds is 7. The van der Waals surface area contributed by atoms with E-state index in [2.05, 4.69) is 9.71 Å². The number of nitrogens with zero attached hydrogens (tertiary/aromatic N) is 2. The predicted octanol–water partition coefficient (Wildman–Crippen LogP) is 2.80. The molecule has 0 aliphatic heterocycles. The molecule has 134 valence electrons. The maximum Gasteiger partial charge on any atom is 0.259 e. The first kappa shape index (κ1) is 18.3. The third-order valence-corrected chi connectivity index (χ3v) is 6.89. The van der Waals surface area contributed by atoms with E-state index in [1.807, 2.05) is 36.1 Å². The van der Waals surface area contributed by atoms with Crippen molar-refractivity contribution in [3.63, 3.8) is 0 Å². The molecule has 0 fully saturated rings. The summed E-state index contributed by atoms with van der Waals surface area (Å²) in [6.07, 6.45) is 2.98. The van der Waals surface area contributed by atoms with Crippen LogP contribution in [0.4, 0.5) is 0 Å². The summed E-state index contributed by atoms with van der Waals surface area (Å²) in [5, 5.41) is 16.7. The van der Waals surface area contributed by atoms with Gasteiger partial charge in [0.25, 0.3) is 10.0 Å². The van der Waals surface area contributed by atoms with Crippen LogP contribution in [0.3, 0.4) is 0 Å². The summed E-state index contributed by atoms with van der Waals surface area (Å²) >= 11 is 2.83. The van der Waals surface area contributed by atoms with Crippen LogP contribution in [0, 0.1) is 0 Å². The Kier molecular flexibility index (Phi) is 5.12. The van der Waals surface area contributed by atoms with Crippen LogP contribution in [0.5, 0.6) is 0 Å². The van der Waals surface area contributed by atoms with Crippen LogP contribution in [-0.2, 0) is 15.6 Å². The minimum absolute atomic E-state index is 0.0555. The minimum atomic E-state index is -3.82. The SMILES string of the molecule is CC(C)n1cnc(S(=O)(=O)NCC(O)(c2ccsc2)c2cccs2)c1. The number of thiophene rings is 2. The zero-order valence-electron chi connectivity index (χ0n) is 13.8. The molecule has 0 saturated heterocycles. The molecule has 3 rings (SSSR count). The average molecular weight is 398 g/mol. The van der Waals surface area contributed by atoms with Gasteiger partial charge in [-0.05, 0) is 42.1 Å². The summed E-state index contributed by atoms with van der Waals surface area (Å²) in [7, 11) is -3.82. The highest BCUT2D eigenvalue weighted by molar-refractivity contribution is 7.89. The summed E-state index contributed by atoms with van der Waals surface area (Å²) < 4.78 is 29.3. The van der Waals surface area contributed by atoms with Crippen LogP contribution < -0.4 is 4.72 Å². The second-order valence-corrected chi connectivity index (χ2v) is 9.37. The van der Waals surface area contributed by atoms with Gasteiger partial charge in [-0.3, -0.25) is 0 Å². The van der Waals surface area contributed by atoms with Crippen LogP contribution >= 0.6 is 22.7 Å². The molecule has 9 heteroatoms. The second kappa shape index (κ2) is 7.00. The topological polar surface area (TPSA) is 84.2 Å². The Morgan fingerprint density at radius 2 is 2.16 bits per heavy atom. The van der Waals surface area contributed by atoms with Gasteiger partial charge in [-0.1, -0.05) is 6.07 Å². The number of hydrogen-bond donors (Lipinski definition) is 2. The van der Waals surface area contributed by atoms with Gasteiger partial charge in [-0.15, -0.1) is 11.3 Å². The molecular formula is C16H19N3O3S3. The first-order valence-electron chi connectivity index (χ1n) is 7.65. The van der Waals surface area contributed by atoms with E-state index in [-0.39, 0.29) is 17.6 Å². The largest absolute Gasteiger partial charge is 0.378 e. The van der Waals surface area contributed by atoms with Crippen LogP contribution in [0.1, 0.15) is 30.3 Å². The van der Waals surface area contributed by atoms with E-state index in [9.17, 15) is 13.5 Å². The molecule has 2 N–H and O–H groups in total. The highest BCUT2D eigenvalue weighted by Crippen LogP contribution is 2.33. The van der Waals surface area contributed by atoms with Crippen molar-refractivity contribution in [3.05, 3.63) is 57.3 Å². The van der Waals surface area contributed by atoms with E-state index in [1.54, 1.807) is 16.7 Å². The summed E-state index contributed by atoms with van der Waals surface area (Å²) in [5.74, 6) is 0. The van der Waals surface area contributed by atoms with Crippen LogP contribution in [-0.4, -0.2) is 29.6 Å². The van der Waals surface area contributed by atoms with Gasteiger partial charge in [-0.2, -0.15) is 11.3 Å². The molecule has 25 heavy (non-hydrogen) atoms. The maximum atomic E-state index is 12.6. The van der Waals surface area contributed by atoms with Crippen molar-refractivity contribution in [2.75, 3.05) is 6.54 Å². The standard InChI is InChI=1S/C16H19N3O3S3/c1-12(2)19-8-15(17-11-19)25(21,22)18-10-16(20,13-5-7-23-9-13)14-4-3-6-24-14/h3-9,11-12,18,20H,10H2,1-2H3. The lowest BCUT2D eigenvalue weighted by molar-refractivity contribution is 0.0903.